The Labute approximate surface area is 177 Å². The molecule has 6 heteroatoms. The van der Waals surface area contributed by atoms with Gasteiger partial charge in [-0.1, -0.05) is 30.3 Å². The number of phenolic OH excluding ortho intramolecular Hbond substituents is 1. The summed E-state index contributed by atoms with van der Waals surface area (Å²) in [6, 6.07) is 15.6. The average Bonchev–Trinajstić information content (AvgIpc) is 2.93. The molecule has 1 amide bonds. The molecule has 0 aromatic heterocycles. The summed E-state index contributed by atoms with van der Waals surface area (Å²) in [5, 5.41) is 11.0. The van der Waals surface area contributed by atoms with Gasteiger partial charge in [0.05, 0.1) is 0 Å². The minimum absolute atomic E-state index is 0.138. The van der Waals surface area contributed by atoms with Gasteiger partial charge in [-0.3, -0.25) is 9.69 Å². The molecule has 29 heavy (non-hydrogen) atoms. The Morgan fingerprint density at radius 1 is 1.10 bits per heavy atom. The van der Waals surface area contributed by atoms with E-state index in [1.165, 1.54) is 0 Å². The molecule has 1 saturated heterocycles. The van der Waals surface area contributed by atoms with Gasteiger partial charge in [-0.15, -0.1) is 0 Å². The van der Waals surface area contributed by atoms with E-state index in [1.807, 2.05) is 42.5 Å². The molecular formula is C23H27N3O2S. The van der Waals surface area contributed by atoms with Gasteiger partial charge in [-0.25, -0.2) is 0 Å². The van der Waals surface area contributed by atoms with Crippen LogP contribution in [-0.2, 0) is 11.2 Å². The molecule has 0 aliphatic carbocycles. The topological polar surface area (TPSA) is 47.0 Å². The van der Waals surface area contributed by atoms with E-state index in [2.05, 4.69) is 18.7 Å². The predicted molar refractivity (Wildman–Crippen MR) is 122 cm³/mol. The van der Waals surface area contributed by atoms with Crippen molar-refractivity contribution in [1.29, 1.82) is 0 Å². The maximum Gasteiger partial charge on any atom is 0.276 e. The van der Waals surface area contributed by atoms with Crippen molar-refractivity contribution in [2.24, 2.45) is 0 Å². The van der Waals surface area contributed by atoms with Crippen molar-refractivity contribution in [3.8, 4) is 5.75 Å². The normalized spacial score (nSPS) is 15.5. The van der Waals surface area contributed by atoms with Crippen LogP contribution in [0.2, 0.25) is 0 Å². The SMILES string of the molecule is CCN(CC)c1ccc(C=C2C(=O)N(CCc3ccccc3)C(=S)N2C)c(O)c1. The summed E-state index contributed by atoms with van der Waals surface area (Å²) < 4.78 is 0. The number of carbonyl (C=O) groups excluding carboxylic acids is 1. The van der Waals surface area contributed by atoms with E-state index in [0.717, 1.165) is 30.8 Å². The molecule has 0 bridgehead atoms. The van der Waals surface area contributed by atoms with Crippen LogP contribution in [0.25, 0.3) is 6.08 Å². The molecule has 1 fully saturated rings. The van der Waals surface area contributed by atoms with Crippen molar-refractivity contribution < 1.29 is 9.90 Å². The number of amides is 1. The second-order valence-corrected chi connectivity index (χ2v) is 7.34. The standard InChI is InChI=1S/C23H27N3O2S/c1-4-25(5-2)19-12-11-18(21(27)16-19)15-20-22(28)26(23(29)24(20)3)14-13-17-9-7-6-8-10-17/h6-12,15-16,27H,4-5,13-14H2,1-3H3. The van der Waals surface area contributed by atoms with Crippen LogP contribution in [0.3, 0.4) is 0 Å². The minimum Gasteiger partial charge on any atom is -0.507 e. The highest BCUT2D eigenvalue weighted by Gasteiger charge is 2.35. The van der Waals surface area contributed by atoms with Crippen LogP contribution in [0.4, 0.5) is 5.69 Å². The number of likely N-dealkylation sites (N-methyl/N-ethyl adjacent to an activating group) is 1. The summed E-state index contributed by atoms with van der Waals surface area (Å²) in [6.45, 7) is 6.40. The van der Waals surface area contributed by atoms with Gasteiger partial charge in [0.2, 0.25) is 0 Å². The van der Waals surface area contributed by atoms with Crippen LogP contribution in [0.1, 0.15) is 25.0 Å². The molecule has 1 N–H and O–H groups in total. The first-order valence-electron chi connectivity index (χ1n) is 9.89. The Bertz CT molecular complexity index is 923. The Kier molecular flexibility index (Phi) is 6.54. The lowest BCUT2D eigenvalue weighted by atomic mass is 10.1. The first-order valence-corrected chi connectivity index (χ1v) is 10.3. The summed E-state index contributed by atoms with van der Waals surface area (Å²) in [5.74, 6) is 0.0115. The van der Waals surface area contributed by atoms with Crippen LogP contribution >= 0.6 is 12.2 Å². The third kappa shape index (κ3) is 4.43. The third-order valence-electron chi connectivity index (χ3n) is 5.25. The number of phenols is 1. The molecule has 0 radical (unpaired) electrons. The monoisotopic (exact) mass is 409 g/mol. The van der Waals surface area contributed by atoms with E-state index in [9.17, 15) is 9.90 Å². The Morgan fingerprint density at radius 2 is 1.79 bits per heavy atom. The van der Waals surface area contributed by atoms with Gasteiger partial charge in [-0.05, 0) is 56.3 Å². The number of benzene rings is 2. The molecule has 1 aliphatic heterocycles. The van der Waals surface area contributed by atoms with Gasteiger partial charge >= 0.3 is 0 Å². The second kappa shape index (κ2) is 9.09. The zero-order chi connectivity index (χ0) is 21.0. The first-order chi connectivity index (χ1) is 14.0. The summed E-state index contributed by atoms with van der Waals surface area (Å²) >= 11 is 5.49. The molecule has 5 nitrogen and oxygen atoms in total. The van der Waals surface area contributed by atoms with E-state index in [-0.39, 0.29) is 11.7 Å². The zero-order valence-electron chi connectivity index (χ0n) is 17.1. The number of carbonyl (C=O) groups is 1. The number of hydrogen-bond acceptors (Lipinski definition) is 4. The van der Waals surface area contributed by atoms with Crippen LogP contribution < -0.4 is 4.90 Å². The molecule has 1 aliphatic rings. The summed E-state index contributed by atoms with van der Waals surface area (Å²) in [6.07, 6.45) is 2.44. The largest absolute Gasteiger partial charge is 0.507 e. The third-order valence-corrected chi connectivity index (χ3v) is 5.74. The van der Waals surface area contributed by atoms with Crippen LogP contribution in [0, 0.1) is 0 Å². The van der Waals surface area contributed by atoms with Gasteiger partial charge in [-0.2, -0.15) is 0 Å². The average molecular weight is 410 g/mol. The Hall–Kier alpha value is -2.86. The highest BCUT2D eigenvalue weighted by Crippen LogP contribution is 2.29. The van der Waals surface area contributed by atoms with Crippen molar-refractivity contribution >= 4 is 35.0 Å². The van der Waals surface area contributed by atoms with E-state index < -0.39 is 0 Å². The lowest BCUT2D eigenvalue weighted by molar-refractivity contribution is -0.122. The number of anilines is 1. The molecule has 0 unspecified atom stereocenters. The quantitative estimate of drug-likeness (QED) is 0.555. The number of thiocarbonyl (C=S) groups is 1. The number of nitrogens with zero attached hydrogens (tertiary/aromatic N) is 3. The Balaban J connectivity index is 1.80. The maximum atomic E-state index is 13.0. The van der Waals surface area contributed by atoms with Crippen molar-refractivity contribution in [2.45, 2.75) is 20.3 Å². The lowest BCUT2D eigenvalue weighted by Crippen LogP contribution is -2.33. The van der Waals surface area contributed by atoms with E-state index in [4.69, 9.17) is 12.2 Å². The molecule has 2 aromatic rings. The van der Waals surface area contributed by atoms with Crippen LogP contribution in [0.15, 0.2) is 54.2 Å². The van der Waals surface area contributed by atoms with E-state index in [1.54, 1.807) is 29.0 Å². The highest BCUT2D eigenvalue weighted by atomic mass is 32.1. The number of aromatic hydroxyl groups is 1. The van der Waals surface area contributed by atoms with E-state index in [0.29, 0.717) is 22.9 Å². The molecular weight excluding hydrogens is 382 g/mol. The molecule has 0 atom stereocenters. The highest BCUT2D eigenvalue weighted by molar-refractivity contribution is 7.80. The van der Waals surface area contributed by atoms with Gasteiger partial charge in [0.15, 0.2) is 5.11 Å². The van der Waals surface area contributed by atoms with Crippen molar-refractivity contribution in [1.82, 2.24) is 9.80 Å². The fraction of sp³-hybridized carbons (Fsp3) is 0.304. The van der Waals surface area contributed by atoms with Crippen LogP contribution in [0.5, 0.6) is 5.75 Å². The predicted octanol–water partition coefficient (Wildman–Crippen LogP) is 3.88. The van der Waals surface area contributed by atoms with Crippen LogP contribution in [-0.4, -0.2) is 52.6 Å². The van der Waals surface area contributed by atoms with Crippen molar-refractivity contribution in [3.63, 3.8) is 0 Å². The van der Waals surface area contributed by atoms with E-state index >= 15 is 0 Å². The maximum absolute atomic E-state index is 13.0. The molecule has 152 valence electrons. The van der Waals surface area contributed by atoms with Gasteiger partial charge in [0.25, 0.3) is 5.91 Å². The number of hydrogen-bond donors (Lipinski definition) is 1. The molecule has 0 saturated carbocycles. The smallest absolute Gasteiger partial charge is 0.276 e. The minimum atomic E-state index is -0.138. The molecule has 3 rings (SSSR count). The zero-order valence-corrected chi connectivity index (χ0v) is 17.9. The van der Waals surface area contributed by atoms with Gasteiger partial charge in [0.1, 0.15) is 11.4 Å². The fourth-order valence-electron chi connectivity index (χ4n) is 3.48. The van der Waals surface area contributed by atoms with Gasteiger partial charge in [0, 0.05) is 44.0 Å². The second-order valence-electron chi connectivity index (χ2n) is 6.98. The first kappa shape index (κ1) is 20.9. The molecule has 0 spiro atoms. The number of rotatable bonds is 7. The fourth-order valence-corrected chi connectivity index (χ4v) is 3.75. The Morgan fingerprint density at radius 3 is 2.41 bits per heavy atom. The van der Waals surface area contributed by atoms with Gasteiger partial charge < -0.3 is 14.9 Å². The summed E-state index contributed by atoms with van der Waals surface area (Å²) in [4.78, 5) is 18.5. The molecule has 1 heterocycles. The summed E-state index contributed by atoms with van der Waals surface area (Å²) in [7, 11) is 1.79. The summed E-state index contributed by atoms with van der Waals surface area (Å²) in [5.41, 5.74) is 3.19. The molecule has 2 aromatic carbocycles. The van der Waals surface area contributed by atoms with Crippen molar-refractivity contribution in [2.75, 3.05) is 31.6 Å². The lowest BCUT2D eigenvalue weighted by Gasteiger charge is -2.21. The van der Waals surface area contributed by atoms with Crippen molar-refractivity contribution in [3.05, 3.63) is 65.4 Å².